The van der Waals surface area contributed by atoms with Gasteiger partial charge in [0.05, 0.1) is 5.92 Å². The maximum atomic E-state index is 11.3. The number of rotatable bonds is 1. The first-order chi connectivity index (χ1) is 7.60. The molecular formula is C14H18O2. The quantitative estimate of drug-likeness (QED) is 0.542. The fourth-order valence-electron chi connectivity index (χ4n) is 5.79. The molecule has 7 unspecified atom stereocenters. The van der Waals surface area contributed by atoms with Gasteiger partial charge in [0.25, 0.3) is 0 Å². The van der Waals surface area contributed by atoms with Gasteiger partial charge >= 0.3 is 5.97 Å². The Hall–Kier alpha value is -0.790. The Balaban J connectivity index is 1.77. The number of fused-ring (bicyclic) bond motifs is 9. The van der Waals surface area contributed by atoms with E-state index in [1.807, 2.05) is 0 Å². The molecule has 4 rings (SSSR count). The topological polar surface area (TPSA) is 37.3 Å². The average molecular weight is 218 g/mol. The van der Waals surface area contributed by atoms with Crippen molar-refractivity contribution in [3.05, 3.63) is 12.2 Å². The van der Waals surface area contributed by atoms with E-state index in [9.17, 15) is 9.90 Å². The zero-order valence-corrected chi connectivity index (χ0v) is 9.60. The van der Waals surface area contributed by atoms with E-state index in [1.165, 1.54) is 12.8 Å². The maximum Gasteiger partial charge on any atom is 0.306 e. The van der Waals surface area contributed by atoms with Crippen LogP contribution in [0.3, 0.4) is 0 Å². The molecular weight excluding hydrogens is 200 g/mol. The highest BCUT2D eigenvalue weighted by atomic mass is 16.4. The lowest BCUT2D eigenvalue weighted by atomic mass is 9.64. The monoisotopic (exact) mass is 218 g/mol. The van der Waals surface area contributed by atoms with E-state index in [4.69, 9.17) is 0 Å². The van der Waals surface area contributed by atoms with Crippen LogP contribution in [-0.2, 0) is 4.79 Å². The van der Waals surface area contributed by atoms with Crippen molar-refractivity contribution >= 4 is 5.97 Å². The van der Waals surface area contributed by atoms with Gasteiger partial charge in [-0.15, -0.1) is 0 Å². The summed E-state index contributed by atoms with van der Waals surface area (Å²) in [5.74, 6) is 2.90. The van der Waals surface area contributed by atoms with Gasteiger partial charge in [-0.25, -0.2) is 0 Å². The zero-order valence-electron chi connectivity index (χ0n) is 9.60. The van der Waals surface area contributed by atoms with Crippen LogP contribution in [0.4, 0.5) is 0 Å². The number of allylic oxidation sites excluding steroid dienone is 2. The molecule has 0 saturated heterocycles. The minimum atomic E-state index is -0.543. The lowest BCUT2D eigenvalue weighted by Crippen LogP contribution is -2.38. The lowest BCUT2D eigenvalue weighted by molar-refractivity contribution is -0.145. The van der Waals surface area contributed by atoms with E-state index >= 15 is 0 Å². The third-order valence-corrected chi connectivity index (χ3v) is 6.04. The van der Waals surface area contributed by atoms with Gasteiger partial charge in [0.1, 0.15) is 0 Å². The van der Waals surface area contributed by atoms with E-state index in [1.54, 1.807) is 0 Å². The smallest absolute Gasteiger partial charge is 0.306 e. The number of aliphatic carboxylic acids is 1. The van der Waals surface area contributed by atoms with Crippen LogP contribution < -0.4 is 0 Å². The standard InChI is InChI=1S/C14H18O2/c1-14-5-9(10(6-14)13(15)16)11-7-2-3-8(4-7)12(11)14/h2-3,7-12H,4-6H2,1H3,(H,15,16). The van der Waals surface area contributed by atoms with E-state index < -0.39 is 5.97 Å². The van der Waals surface area contributed by atoms with E-state index in [0.717, 1.165) is 18.3 Å². The number of hydrogen-bond donors (Lipinski definition) is 1. The fourth-order valence-corrected chi connectivity index (χ4v) is 5.79. The summed E-state index contributed by atoms with van der Waals surface area (Å²) in [6.07, 6.45) is 8.20. The molecule has 0 spiro atoms. The van der Waals surface area contributed by atoms with Crippen LogP contribution in [0.5, 0.6) is 0 Å². The highest BCUT2D eigenvalue weighted by molar-refractivity contribution is 5.71. The number of carbonyl (C=O) groups is 1. The molecule has 4 aliphatic carbocycles. The van der Waals surface area contributed by atoms with Gasteiger partial charge in [-0.3, -0.25) is 4.79 Å². The third kappa shape index (κ3) is 0.847. The van der Waals surface area contributed by atoms with Crippen LogP contribution in [-0.4, -0.2) is 11.1 Å². The summed E-state index contributed by atoms with van der Waals surface area (Å²) in [7, 11) is 0. The second kappa shape index (κ2) is 2.55. The van der Waals surface area contributed by atoms with Gasteiger partial charge in [-0.2, -0.15) is 0 Å². The van der Waals surface area contributed by atoms with Crippen LogP contribution in [0, 0.1) is 40.9 Å². The van der Waals surface area contributed by atoms with Crippen molar-refractivity contribution in [1.82, 2.24) is 0 Å². The van der Waals surface area contributed by atoms with Gasteiger partial charge in [-0.1, -0.05) is 19.1 Å². The van der Waals surface area contributed by atoms with Gasteiger partial charge in [0, 0.05) is 0 Å². The Morgan fingerprint density at radius 1 is 1.31 bits per heavy atom. The van der Waals surface area contributed by atoms with Crippen LogP contribution in [0.2, 0.25) is 0 Å². The molecule has 0 heterocycles. The molecule has 0 aromatic carbocycles. The van der Waals surface area contributed by atoms with Gasteiger partial charge in [0.2, 0.25) is 0 Å². The maximum absolute atomic E-state index is 11.3. The number of hydrogen-bond acceptors (Lipinski definition) is 1. The molecule has 3 fully saturated rings. The molecule has 86 valence electrons. The van der Waals surface area contributed by atoms with Crippen molar-refractivity contribution in [2.45, 2.75) is 26.2 Å². The van der Waals surface area contributed by atoms with Crippen LogP contribution in [0.1, 0.15) is 26.2 Å². The molecule has 0 amide bonds. The molecule has 0 radical (unpaired) electrons. The summed E-state index contributed by atoms with van der Waals surface area (Å²) >= 11 is 0. The summed E-state index contributed by atoms with van der Waals surface area (Å²) in [6.45, 7) is 2.35. The average Bonchev–Trinajstić information content (AvgIpc) is 2.90. The Bertz CT molecular complexity index is 400. The highest BCUT2D eigenvalue weighted by Crippen LogP contribution is 2.72. The molecule has 1 N–H and O–H groups in total. The summed E-state index contributed by atoms with van der Waals surface area (Å²) < 4.78 is 0. The molecule has 2 nitrogen and oxygen atoms in total. The molecule has 4 bridgehead atoms. The SMILES string of the molecule is CC12CC(C(=O)O)C(C1)C1C3C=CC(C3)C12. The summed E-state index contributed by atoms with van der Waals surface area (Å²) in [4.78, 5) is 11.3. The summed E-state index contributed by atoms with van der Waals surface area (Å²) in [5.41, 5.74) is 0.336. The highest BCUT2D eigenvalue weighted by Gasteiger charge is 2.67. The molecule has 0 aromatic rings. The van der Waals surface area contributed by atoms with Crippen molar-refractivity contribution in [3.63, 3.8) is 0 Å². The van der Waals surface area contributed by atoms with Crippen LogP contribution >= 0.6 is 0 Å². The van der Waals surface area contributed by atoms with Gasteiger partial charge in [0.15, 0.2) is 0 Å². The number of carboxylic acid groups (broad SMARTS) is 1. The first-order valence-electron chi connectivity index (χ1n) is 6.51. The van der Waals surface area contributed by atoms with Crippen molar-refractivity contribution in [2.24, 2.45) is 40.9 Å². The van der Waals surface area contributed by atoms with E-state index in [2.05, 4.69) is 19.1 Å². The third-order valence-electron chi connectivity index (χ3n) is 6.04. The van der Waals surface area contributed by atoms with Gasteiger partial charge in [-0.05, 0) is 54.3 Å². The van der Waals surface area contributed by atoms with Gasteiger partial charge < -0.3 is 5.11 Å². The molecule has 4 aliphatic rings. The van der Waals surface area contributed by atoms with E-state index in [-0.39, 0.29) is 5.92 Å². The van der Waals surface area contributed by atoms with Crippen molar-refractivity contribution in [1.29, 1.82) is 0 Å². The molecule has 0 aromatic heterocycles. The first-order valence-corrected chi connectivity index (χ1v) is 6.51. The van der Waals surface area contributed by atoms with Crippen LogP contribution in [0.15, 0.2) is 12.2 Å². The second-order valence-electron chi connectivity index (χ2n) is 6.72. The van der Waals surface area contributed by atoms with Crippen LogP contribution in [0.25, 0.3) is 0 Å². The lowest BCUT2D eigenvalue weighted by Gasteiger charge is -2.40. The zero-order chi connectivity index (χ0) is 11.1. The molecule has 2 heteroatoms. The minimum absolute atomic E-state index is 0.0426. The minimum Gasteiger partial charge on any atom is -0.481 e. The van der Waals surface area contributed by atoms with E-state index in [0.29, 0.717) is 23.2 Å². The predicted molar refractivity (Wildman–Crippen MR) is 59.7 cm³/mol. The normalized spacial score (nSPS) is 60.6. The molecule has 3 saturated carbocycles. The molecule has 0 aliphatic heterocycles. The Morgan fingerprint density at radius 2 is 2.06 bits per heavy atom. The molecule has 16 heavy (non-hydrogen) atoms. The number of carboxylic acids is 1. The summed E-state index contributed by atoms with van der Waals surface area (Å²) in [6, 6.07) is 0. The second-order valence-corrected chi connectivity index (χ2v) is 6.72. The van der Waals surface area contributed by atoms with Crippen molar-refractivity contribution in [3.8, 4) is 0 Å². The Labute approximate surface area is 95.7 Å². The van der Waals surface area contributed by atoms with Crippen molar-refractivity contribution in [2.75, 3.05) is 0 Å². The first kappa shape index (κ1) is 9.26. The molecule has 7 atom stereocenters. The Kier molecular flexibility index (Phi) is 1.47. The fraction of sp³-hybridized carbons (Fsp3) is 0.786. The van der Waals surface area contributed by atoms with Crippen molar-refractivity contribution < 1.29 is 9.90 Å². The summed E-state index contributed by atoms with van der Waals surface area (Å²) in [5, 5.41) is 9.32. The Morgan fingerprint density at radius 3 is 2.81 bits per heavy atom. The largest absolute Gasteiger partial charge is 0.481 e. The predicted octanol–water partition coefficient (Wildman–Crippen LogP) is 2.56.